The predicted molar refractivity (Wildman–Crippen MR) is 54.7 cm³/mol. The first-order valence-electron chi connectivity index (χ1n) is 4.79. The summed E-state index contributed by atoms with van der Waals surface area (Å²) in [6.07, 6.45) is -3.70. The zero-order chi connectivity index (χ0) is 13.1. The molecule has 1 N–H and O–H groups in total. The van der Waals surface area contributed by atoms with Gasteiger partial charge in [0.15, 0.2) is 0 Å². The van der Waals surface area contributed by atoms with Crippen molar-refractivity contribution in [3.63, 3.8) is 0 Å². The number of alkyl halides is 3. The van der Waals surface area contributed by atoms with Gasteiger partial charge in [0.25, 0.3) is 0 Å². The third-order valence-corrected chi connectivity index (χ3v) is 1.97. The highest BCUT2D eigenvalue weighted by atomic mass is 19.4. The molecule has 17 heavy (non-hydrogen) atoms. The number of methoxy groups -OCH3 is 1. The van der Waals surface area contributed by atoms with Crippen molar-refractivity contribution in [2.75, 3.05) is 12.4 Å². The van der Waals surface area contributed by atoms with Gasteiger partial charge in [-0.2, -0.15) is 13.2 Å². The molecule has 0 radical (unpaired) electrons. The lowest BCUT2D eigenvalue weighted by atomic mass is 10.2. The number of nitrogens with zero attached hydrogens (tertiary/aromatic N) is 1. The number of halogens is 3. The molecule has 0 aromatic carbocycles. The Morgan fingerprint density at radius 1 is 1.53 bits per heavy atom. The molecule has 0 spiro atoms. The summed E-state index contributed by atoms with van der Waals surface area (Å²) in [5.41, 5.74) is -1.03. The maximum Gasteiger partial charge on any atom is 0.417 e. The van der Waals surface area contributed by atoms with Gasteiger partial charge in [-0.25, -0.2) is 4.98 Å². The molecule has 1 rings (SSSR count). The summed E-state index contributed by atoms with van der Waals surface area (Å²) in [4.78, 5) is 14.6. The fourth-order valence-corrected chi connectivity index (χ4v) is 1.10. The Bertz CT molecular complexity index is 419. The molecular formula is C10H11F3N2O2. The van der Waals surface area contributed by atoms with E-state index in [-0.39, 0.29) is 18.0 Å². The van der Waals surface area contributed by atoms with Crippen LogP contribution in [0.4, 0.5) is 18.9 Å². The highest BCUT2D eigenvalue weighted by molar-refractivity contribution is 5.91. The zero-order valence-corrected chi connectivity index (χ0v) is 9.26. The summed E-state index contributed by atoms with van der Waals surface area (Å²) < 4.78 is 42.1. The minimum absolute atomic E-state index is 0.0557. The van der Waals surface area contributed by atoms with Gasteiger partial charge in [-0.15, -0.1) is 0 Å². The Morgan fingerprint density at radius 2 is 2.18 bits per heavy atom. The predicted octanol–water partition coefficient (Wildman–Crippen LogP) is 2.46. The Hall–Kier alpha value is -1.79. The molecule has 0 bridgehead atoms. The van der Waals surface area contributed by atoms with Gasteiger partial charge >= 0.3 is 6.18 Å². The van der Waals surface area contributed by atoms with Crippen LogP contribution < -0.4 is 10.1 Å². The molecule has 1 aromatic heterocycles. The van der Waals surface area contributed by atoms with Crippen LogP contribution in [0.15, 0.2) is 12.3 Å². The number of carbonyl (C=O) groups is 1. The van der Waals surface area contributed by atoms with Crippen molar-refractivity contribution in [1.82, 2.24) is 4.98 Å². The minimum Gasteiger partial charge on any atom is -0.480 e. The number of aromatic nitrogens is 1. The third kappa shape index (κ3) is 3.33. The summed E-state index contributed by atoms with van der Waals surface area (Å²) >= 11 is 0. The highest BCUT2D eigenvalue weighted by Gasteiger charge is 2.32. The first-order valence-corrected chi connectivity index (χ1v) is 4.79. The van der Waals surface area contributed by atoms with Crippen molar-refractivity contribution in [2.45, 2.75) is 19.5 Å². The zero-order valence-electron chi connectivity index (χ0n) is 9.26. The van der Waals surface area contributed by atoms with Crippen LogP contribution in [0.5, 0.6) is 5.88 Å². The van der Waals surface area contributed by atoms with Gasteiger partial charge in [0.1, 0.15) is 5.69 Å². The molecule has 0 fully saturated rings. The van der Waals surface area contributed by atoms with Crippen molar-refractivity contribution in [2.24, 2.45) is 0 Å². The molecule has 0 saturated heterocycles. The smallest absolute Gasteiger partial charge is 0.417 e. The highest BCUT2D eigenvalue weighted by Crippen LogP contribution is 2.33. The molecule has 4 nitrogen and oxygen atoms in total. The molecule has 0 atom stereocenters. The van der Waals surface area contributed by atoms with E-state index in [0.29, 0.717) is 6.20 Å². The van der Waals surface area contributed by atoms with Gasteiger partial charge in [0, 0.05) is 12.6 Å². The van der Waals surface area contributed by atoms with E-state index in [9.17, 15) is 18.0 Å². The molecule has 1 amide bonds. The van der Waals surface area contributed by atoms with E-state index in [1.165, 1.54) is 7.11 Å². The van der Waals surface area contributed by atoms with Gasteiger partial charge in [-0.3, -0.25) is 4.79 Å². The monoisotopic (exact) mass is 248 g/mol. The average molecular weight is 248 g/mol. The van der Waals surface area contributed by atoms with E-state index >= 15 is 0 Å². The number of ether oxygens (including phenoxy) is 1. The second-order valence-electron chi connectivity index (χ2n) is 3.18. The normalized spacial score (nSPS) is 11.1. The summed E-state index contributed by atoms with van der Waals surface area (Å²) in [5, 5.41) is 2.30. The number of hydrogen-bond donors (Lipinski definition) is 1. The van der Waals surface area contributed by atoms with Crippen LogP contribution in [-0.4, -0.2) is 18.0 Å². The van der Waals surface area contributed by atoms with Crippen LogP contribution in [0, 0.1) is 0 Å². The Labute approximate surface area is 95.8 Å². The fourth-order valence-electron chi connectivity index (χ4n) is 1.10. The summed E-state index contributed by atoms with van der Waals surface area (Å²) in [7, 11) is 1.26. The van der Waals surface area contributed by atoms with E-state index in [4.69, 9.17) is 4.74 Å². The molecule has 1 aromatic rings. The van der Waals surface area contributed by atoms with Crippen LogP contribution in [0.3, 0.4) is 0 Å². The molecule has 0 aliphatic carbocycles. The number of anilines is 1. The maximum absolute atomic E-state index is 12.4. The number of amides is 1. The summed E-state index contributed by atoms with van der Waals surface area (Å²) in [5.74, 6) is -0.468. The Kier molecular flexibility index (Phi) is 3.93. The Morgan fingerprint density at radius 3 is 2.65 bits per heavy atom. The lowest BCUT2D eigenvalue weighted by molar-refractivity contribution is -0.137. The first kappa shape index (κ1) is 13.3. The molecule has 94 valence electrons. The van der Waals surface area contributed by atoms with Gasteiger partial charge in [0.2, 0.25) is 11.8 Å². The quantitative estimate of drug-likeness (QED) is 0.893. The second-order valence-corrected chi connectivity index (χ2v) is 3.18. The van der Waals surface area contributed by atoms with Gasteiger partial charge in [0.05, 0.1) is 12.7 Å². The minimum atomic E-state index is -4.51. The van der Waals surface area contributed by atoms with Gasteiger partial charge in [-0.1, -0.05) is 6.92 Å². The number of nitrogens with one attached hydrogen (secondary N) is 1. The van der Waals surface area contributed by atoms with Crippen molar-refractivity contribution >= 4 is 11.6 Å². The largest absolute Gasteiger partial charge is 0.480 e. The van der Waals surface area contributed by atoms with Crippen molar-refractivity contribution < 1.29 is 22.7 Å². The topological polar surface area (TPSA) is 51.2 Å². The average Bonchev–Trinajstić information content (AvgIpc) is 2.27. The van der Waals surface area contributed by atoms with Crippen LogP contribution in [0.25, 0.3) is 0 Å². The second kappa shape index (κ2) is 5.03. The van der Waals surface area contributed by atoms with Crippen LogP contribution in [0.2, 0.25) is 0 Å². The van der Waals surface area contributed by atoms with Gasteiger partial charge < -0.3 is 10.1 Å². The Balaban J connectivity index is 3.11. The van der Waals surface area contributed by atoms with Crippen molar-refractivity contribution in [3.8, 4) is 5.88 Å². The number of pyridine rings is 1. The van der Waals surface area contributed by atoms with E-state index in [1.807, 2.05) is 0 Å². The van der Waals surface area contributed by atoms with Crippen LogP contribution in [0.1, 0.15) is 18.9 Å². The SMILES string of the molecule is CCC(=O)Nc1cc(C(F)(F)F)cnc1OC. The molecule has 7 heteroatoms. The molecule has 0 aliphatic heterocycles. The number of hydrogen-bond acceptors (Lipinski definition) is 3. The number of rotatable bonds is 3. The van der Waals surface area contributed by atoms with Crippen molar-refractivity contribution in [3.05, 3.63) is 17.8 Å². The molecule has 1 heterocycles. The van der Waals surface area contributed by atoms with E-state index in [1.54, 1.807) is 6.92 Å². The van der Waals surface area contributed by atoms with Crippen LogP contribution >= 0.6 is 0 Å². The number of carbonyl (C=O) groups excluding carboxylic acids is 1. The molecule has 0 saturated carbocycles. The summed E-state index contributed by atoms with van der Waals surface area (Å²) in [6, 6.07) is 0.791. The fraction of sp³-hybridized carbons (Fsp3) is 0.400. The van der Waals surface area contributed by atoms with Gasteiger partial charge in [-0.05, 0) is 6.07 Å². The summed E-state index contributed by atoms with van der Waals surface area (Å²) in [6.45, 7) is 1.59. The maximum atomic E-state index is 12.4. The standard InChI is InChI=1S/C10H11F3N2O2/c1-3-8(16)15-7-4-6(10(11,12)13)5-14-9(7)17-2/h4-5H,3H2,1-2H3,(H,15,16). The molecule has 0 aliphatic rings. The molecular weight excluding hydrogens is 237 g/mol. The first-order chi connectivity index (χ1) is 7.88. The van der Waals surface area contributed by atoms with E-state index in [2.05, 4.69) is 10.3 Å². The van der Waals surface area contributed by atoms with E-state index < -0.39 is 17.6 Å². The lowest BCUT2D eigenvalue weighted by Crippen LogP contribution is -2.13. The van der Waals surface area contributed by atoms with E-state index in [0.717, 1.165) is 6.07 Å². The molecule has 0 unspecified atom stereocenters. The van der Waals surface area contributed by atoms with Crippen molar-refractivity contribution in [1.29, 1.82) is 0 Å². The lowest BCUT2D eigenvalue weighted by Gasteiger charge is -2.12. The van der Waals surface area contributed by atoms with Crippen LogP contribution in [-0.2, 0) is 11.0 Å². The third-order valence-electron chi connectivity index (χ3n) is 1.97.